The van der Waals surface area contributed by atoms with E-state index < -0.39 is 21.5 Å². The molecule has 1 fully saturated rings. The molecule has 0 unspecified atom stereocenters. The van der Waals surface area contributed by atoms with E-state index in [2.05, 4.69) is 5.32 Å². The number of rotatable bonds is 6. The van der Waals surface area contributed by atoms with Gasteiger partial charge in [-0.3, -0.25) is 9.59 Å². The number of sulfone groups is 1. The molecule has 0 spiro atoms. The molecule has 0 atom stereocenters. The fourth-order valence-electron chi connectivity index (χ4n) is 2.86. The van der Waals surface area contributed by atoms with Crippen molar-refractivity contribution in [1.29, 1.82) is 0 Å². The maximum atomic E-state index is 12.2. The first-order chi connectivity index (χ1) is 12.8. The minimum atomic E-state index is -3.72. The first kappa shape index (κ1) is 19.4. The Bertz CT molecular complexity index is 941. The Morgan fingerprint density at radius 3 is 2.33 bits per heavy atom. The fourth-order valence-corrected chi connectivity index (χ4v) is 4.16. The molecule has 1 aliphatic rings. The average molecular weight is 407 g/mol. The van der Waals surface area contributed by atoms with Gasteiger partial charge in [0.2, 0.25) is 11.8 Å². The van der Waals surface area contributed by atoms with E-state index in [0.717, 1.165) is 24.2 Å². The van der Waals surface area contributed by atoms with Crippen LogP contribution in [0.1, 0.15) is 18.4 Å². The Kier molecular flexibility index (Phi) is 5.82. The van der Waals surface area contributed by atoms with Crippen molar-refractivity contribution < 1.29 is 18.0 Å². The second-order valence-electron chi connectivity index (χ2n) is 6.31. The van der Waals surface area contributed by atoms with E-state index in [1.807, 2.05) is 24.3 Å². The van der Waals surface area contributed by atoms with Crippen LogP contribution in [-0.4, -0.2) is 32.5 Å². The van der Waals surface area contributed by atoms with Crippen molar-refractivity contribution in [2.75, 3.05) is 17.2 Å². The van der Waals surface area contributed by atoms with Gasteiger partial charge in [0.15, 0.2) is 9.84 Å². The summed E-state index contributed by atoms with van der Waals surface area (Å²) in [6.07, 6.45) is 1.43. The number of carbonyl (C=O) groups excluding carboxylic acids is 2. The molecule has 2 amide bonds. The average Bonchev–Trinajstić information content (AvgIpc) is 3.06. The van der Waals surface area contributed by atoms with Crippen LogP contribution in [0.25, 0.3) is 0 Å². The SMILES string of the molecule is O=C(CS(=O)(=O)c1ccc(Cl)cc1)NCc1ccc(N2CCCC2=O)cc1. The third-order valence-electron chi connectivity index (χ3n) is 4.30. The van der Waals surface area contributed by atoms with E-state index in [1.54, 1.807) is 4.90 Å². The molecule has 0 aromatic heterocycles. The lowest BCUT2D eigenvalue weighted by molar-refractivity contribution is -0.119. The van der Waals surface area contributed by atoms with Crippen molar-refractivity contribution in [3.8, 4) is 0 Å². The number of nitrogens with one attached hydrogen (secondary N) is 1. The molecule has 8 heteroatoms. The van der Waals surface area contributed by atoms with Crippen LogP contribution < -0.4 is 10.2 Å². The molecule has 1 heterocycles. The molecule has 1 saturated heterocycles. The summed E-state index contributed by atoms with van der Waals surface area (Å²) in [5.41, 5.74) is 1.65. The van der Waals surface area contributed by atoms with E-state index in [1.165, 1.54) is 24.3 Å². The molecule has 2 aromatic rings. The summed E-state index contributed by atoms with van der Waals surface area (Å²) in [5, 5.41) is 3.04. The summed E-state index contributed by atoms with van der Waals surface area (Å²) in [5.74, 6) is -1.10. The van der Waals surface area contributed by atoms with E-state index in [-0.39, 0.29) is 17.3 Å². The van der Waals surface area contributed by atoms with Gasteiger partial charge in [0.05, 0.1) is 4.90 Å². The van der Waals surface area contributed by atoms with Crippen molar-refractivity contribution >= 4 is 38.9 Å². The molecular formula is C19H19ClN2O4S. The van der Waals surface area contributed by atoms with Gasteiger partial charge in [-0.15, -0.1) is 0 Å². The highest BCUT2D eigenvalue weighted by Crippen LogP contribution is 2.21. The van der Waals surface area contributed by atoms with Crippen LogP contribution in [0, 0.1) is 0 Å². The van der Waals surface area contributed by atoms with Gasteiger partial charge < -0.3 is 10.2 Å². The molecule has 142 valence electrons. The summed E-state index contributed by atoms with van der Waals surface area (Å²) in [6, 6.07) is 13.0. The Morgan fingerprint density at radius 2 is 1.74 bits per heavy atom. The molecule has 0 radical (unpaired) electrons. The fraction of sp³-hybridized carbons (Fsp3) is 0.263. The summed E-state index contributed by atoms with van der Waals surface area (Å²) in [4.78, 5) is 25.6. The van der Waals surface area contributed by atoms with Gasteiger partial charge in [-0.25, -0.2) is 8.42 Å². The van der Waals surface area contributed by atoms with E-state index in [0.29, 0.717) is 11.4 Å². The largest absolute Gasteiger partial charge is 0.351 e. The molecule has 6 nitrogen and oxygen atoms in total. The predicted octanol–water partition coefficient (Wildman–Crippen LogP) is 2.56. The number of hydrogen-bond donors (Lipinski definition) is 1. The van der Waals surface area contributed by atoms with Gasteiger partial charge in [0, 0.05) is 30.2 Å². The van der Waals surface area contributed by atoms with Crippen molar-refractivity contribution in [3.63, 3.8) is 0 Å². The van der Waals surface area contributed by atoms with Crippen LogP contribution in [0.15, 0.2) is 53.4 Å². The van der Waals surface area contributed by atoms with Crippen molar-refractivity contribution in [2.45, 2.75) is 24.3 Å². The number of halogens is 1. The Morgan fingerprint density at radius 1 is 1.07 bits per heavy atom. The highest BCUT2D eigenvalue weighted by molar-refractivity contribution is 7.92. The zero-order valence-electron chi connectivity index (χ0n) is 14.5. The van der Waals surface area contributed by atoms with Gasteiger partial charge in [-0.1, -0.05) is 23.7 Å². The first-order valence-corrected chi connectivity index (χ1v) is 10.5. The second kappa shape index (κ2) is 8.10. The predicted molar refractivity (Wildman–Crippen MR) is 103 cm³/mol. The maximum Gasteiger partial charge on any atom is 0.235 e. The molecule has 0 aliphatic carbocycles. The summed E-state index contributed by atoms with van der Waals surface area (Å²) in [7, 11) is -3.72. The standard InChI is InChI=1S/C19H19ClN2O4S/c20-15-5-9-17(10-6-15)27(25,26)13-18(23)21-12-14-3-7-16(8-4-14)22-11-1-2-19(22)24/h3-10H,1-2,11-13H2,(H,21,23). The quantitative estimate of drug-likeness (QED) is 0.799. The van der Waals surface area contributed by atoms with Crippen LogP contribution in [0.2, 0.25) is 5.02 Å². The molecule has 2 aromatic carbocycles. The van der Waals surface area contributed by atoms with Gasteiger partial charge in [0.1, 0.15) is 5.75 Å². The molecule has 1 aliphatic heterocycles. The number of carbonyl (C=O) groups is 2. The summed E-state index contributed by atoms with van der Waals surface area (Å²) < 4.78 is 24.5. The minimum absolute atomic E-state index is 0.0571. The van der Waals surface area contributed by atoms with Crippen molar-refractivity contribution in [3.05, 3.63) is 59.1 Å². The van der Waals surface area contributed by atoms with Gasteiger partial charge >= 0.3 is 0 Å². The van der Waals surface area contributed by atoms with E-state index in [4.69, 9.17) is 11.6 Å². The lowest BCUT2D eigenvalue weighted by Gasteiger charge is -2.16. The number of amides is 2. The van der Waals surface area contributed by atoms with E-state index >= 15 is 0 Å². The van der Waals surface area contributed by atoms with Crippen LogP contribution >= 0.6 is 11.6 Å². The smallest absolute Gasteiger partial charge is 0.235 e. The molecule has 1 N–H and O–H groups in total. The topological polar surface area (TPSA) is 83.6 Å². The van der Waals surface area contributed by atoms with Crippen molar-refractivity contribution in [1.82, 2.24) is 5.32 Å². The van der Waals surface area contributed by atoms with Gasteiger partial charge in [-0.2, -0.15) is 0 Å². The van der Waals surface area contributed by atoms with Crippen LogP contribution in [0.5, 0.6) is 0 Å². The molecule has 0 bridgehead atoms. The van der Waals surface area contributed by atoms with Crippen LogP contribution in [-0.2, 0) is 26.0 Å². The first-order valence-electron chi connectivity index (χ1n) is 8.49. The zero-order valence-corrected chi connectivity index (χ0v) is 16.1. The Hall–Kier alpha value is -2.38. The third-order valence-corrected chi connectivity index (χ3v) is 6.19. The molecule has 3 rings (SSSR count). The van der Waals surface area contributed by atoms with E-state index in [9.17, 15) is 18.0 Å². The summed E-state index contributed by atoms with van der Waals surface area (Å²) in [6.45, 7) is 0.931. The summed E-state index contributed by atoms with van der Waals surface area (Å²) >= 11 is 5.75. The molecule has 0 saturated carbocycles. The minimum Gasteiger partial charge on any atom is -0.351 e. The molecular weight excluding hydrogens is 388 g/mol. The highest BCUT2D eigenvalue weighted by Gasteiger charge is 2.22. The van der Waals surface area contributed by atoms with Crippen molar-refractivity contribution in [2.24, 2.45) is 0 Å². The lowest BCUT2D eigenvalue weighted by atomic mass is 10.2. The maximum absolute atomic E-state index is 12.2. The lowest BCUT2D eigenvalue weighted by Crippen LogP contribution is -2.30. The van der Waals surface area contributed by atoms with Crippen LogP contribution in [0.4, 0.5) is 5.69 Å². The zero-order chi connectivity index (χ0) is 19.4. The third kappa shape index (κ3) is 4.87. The monoisotopic (exact) mass is 406 g/mol. The highest BCUT2D eigenvalue weighted by atomic mass is 35.5. The Labute approximate surface area is 163 Å². The second-order valence-corrected chi connectivity index (χ2v) is 8.73. The normalized spacial score (nSPS) is 14.4. The number of nitrogens with zero attached hydrogens (tertiary/aromatic N) is 1. The van der Waals surface area contributed by atoms with Gasteiger partial charge in [-0.05, 0) is 48.4 Å². The number of hydrogen-bond acceptors (Lipinski definition) is 4. The van der Waals surface area contributed by atoms with Crippen LogP contribution in [0.3, 0.4) is 0 Å². The Balaban J connectivity index is 1.56. The van der Waals surface area contributed by atoms with Gasteiger partial charge in [0.25, 0.3) is 0 Å². The number of benzene rings is 2. The molecule has 27 heavy (non-hydrogen) atoms. The number of anilines is 1.